The number of imidazole rings is 1. The van der Waals surface area contributed by atoms with E-state index in [-0.39, 0.29) is 28.7 Å². The molecular formula is C34H39N6O9P. The molecule has 0 radical (unpaired) electrons. The fourth-order valence-electron chi connectivity index (χ4n) is 5.72. The lowest BCUT2D eigenvalue weighted by Crippen LogP contribution is -2.44. The first-order chi connectivity index (χ1) is 23.9. The number of nitrogens with two attached hydrogens (primary N) is 1. The lowest BCUT2D eigenvalue weighted by molar-refractivity contribution is -0.150. The molecule has 0 aliphatic carbocycles. The van der Waals surface area contributed by atoms with Crippen molar-refractivity contribution in [2.75, 3.05) is 18.9 Å². The summed E-state index contributed by atoms with van der Waals surface area (Å²) in [4.78, 5) is 25.8. The van der Waals surface area contributed by atoms with Crippen molar-refractivity contribution in [1.82, 2.24) is 24.6 Å². The van der Waals surface area contributed by atoms with Crippen LogP contribution >= 0.6 is 7.75 Å². The van der Waals surface area contributed by atoms with Gasteiger partial charge in [0, 0.05) is 5.39 Å². The van der Waals surface area contributed by atoms with E-state index in [2.05, 4.69) is 20.0 Å². The molecule has 0 saturated carbocycles. The van der Waals surface area contributed by atoms with Gasteiger partial charge in [0.1, 0.15) is 35.7 Å². The number of aromatic nitrogens is 4. The third-order valence-electron chi connectivity index (χ3n) is 8.34. The minimum atomic E-state index is -4.43. The summed E-state index contributed by atoms with van der Waals surface area (Å²) in [5, 5.41) is 26.9. The number of benzene rings is 3. The van der Waals surface area contributed by atoms with Gasteiger partial charge in [0.25, 0.3) is 0 Å². The number of hydrogen-bond acceptors (Lipinski definition) is 13. The van der Waals surface area contributed by atoms with Crippen LogP contribution in [0.5, 0.6) is 11.6 Å². The van der Waals surface area contributed by atoms with Crippen molar-refractivity contribution in [3.05, 3.63) is 84.7 Å². The predicted octanol–water partition coefficient (Wildman–Crippen LogP) is 4.46. The van der Waals surface area contributed by atoms with Crippen LogP contribution in [-0.4, -0.2) is 72.8 Å². The van der Waals surface area contributed by atoms with Crippen LogP contribution in [0.1, 0.15) is 45.6 Å². The number of carbonyl (C=O) groups excluding carboxylic acids is 1. The van der Waals surface area contributed by atoms with Crippen LogP contribution < -0.4 is 20.1 Å². The van der Waals surface area contributed by atoms with Crippen LogP contribution in [0.25, 0.3) is 21.9 Å². The number of aliphatic hydroxyl groups is 2. The number of hydrogen-bond donors (Lipinski definition) is 4. The molecule has 5 N–H and O–H groups in total. The molecule has 50 heavy (non-hydrogen) atoms. The summed E-state index contributed by atoms with van der Waals surface area (Å²) >= 11 is 0. The van der Waals surface area contributed by atoms with Crippen LogP contribution in [0, 0.1) is 0 Å². The summed E-state index contributed by atoms with van der Waals surface area (Å²) in [6.07, 6.45) is -3.24. The number of aliphatic hydroxyl groups excluding tert-OH is 1. The molecular weight excluding hydrogens is 667 g/mol. The molecule has 6 rings (SSSR count). The Morgan fingerprint density at radius 2 is 1.82 bits per heavy atom. The SMILES string of the molecule is CCOc1nc(N)nc2c1ncn2C1O[C@H](COP(=O)(N[C@@H](C)C(=O)O[C@@H](C)c2ccccc2)Oc2cccc3ccccc23)[C@@H](O)[C@@]1(C)O. The van der Waals surface area contributed by atoms with Gasteiger partial charge in [0.05, 0.1) is 19.5 Å². The average Bonchev–Trinajstić information content (AvgIpc) is 3.61. The van der Waals surface area contributed by atoms with E-state index in [0.717, 1.165) is 10.9 Å². The molecule has 1 aliphatic rings. The fraction of sp³-hybridized carbons (Fsp3) is 0.353. The van der Waals surface area contributed by atoms with Crippen LogP contribution in [0.3, 0.4) is 0 Å². The Labute approximate surface area is 287 Å². The molecule has 2 aromatic heterocycles. The normalized spacial score (nSPS) is 23.0. The molecule has 0 spiro atoms. The Morgan fingerprint density at radius 1 is 1.10 bits per heavy atom. The zero-order valence-electron chi connectivity index (χ0n) is 27.9. The van der Waals surface area contributed by atoms with Gasteiger partial charge in [-0.15, -0.1) is 0 Å². The third-order valence-corrected chi connectivity index (χ3v) is 9.97. The highest BCUT2D eigenvalue weighted by Crippen LogP contribution is 2.48. The van der Waals surface area contributed by atoms with E-state index < -0.39 is 56.5 Å². The Hall–Kier alpha value is -4.63. The predicted molar refractivity (Wildman–Crippen MR) is 183 cm³/mol. The monoisotopic (exact) mass is 706 g/mol. The van der Waals surface area contributed by atoms with E-state index in [0.29, 0.717) is 12.0 Å². The van der Waals surface area contributed by atoms with E-state index in [1.807, 2.05) is 48.5 Å². The third kappa shape index (κ3) is 7.15. The van der Waals surface area contributed by atoms with Crippen LogP contribution in [0.2, 0.25) is 0 Å². The van der Waals surface area contributed by atoms with Gasteiger partial charge in [0.15, 0.2) is 17.4 Å². The maximum Gasteiger partial charge on any atom is 0.459 e. The van der Waals surface area contributed by atoms with Gasteiger partial charge in [-0.25, -0.2) is 9.55 Å². The number of carbonyl (C=O) groups is 1. The summed E-state index contributed by atoms with van der Waals surface area (Å²) in [7, 11) is -4.43. The molecule has 7 atom stereocenters. The van der Waals surface area contributed by atoms with Crippen LogP contribution in [0.4, 0.5) is 5.95 Å². The summed E-state index contributed by atoms with van der Waals surface area (Å²) in [6.45, 7) is 6.12. The number of nitrogens with one attached hydrogen (secondary N) is 1. The van der Waals surface area contributed by atoms with Gasteiger partial charge < -0.3 is 34.7 Å². The zero-order valence-corrected chi connectivity index (χ0v) is 28.8. The fourth-order valence-corrected chi connectivity index (χ4v) is 7.24. The summed E-state index contributed by atoms with van der Waals surface area (Å²) in [6, 6.07) is 20.6. The van der Waals surface area contributed by atoms with Crippen molar-refractivity contribution in [3.63, 3.8) is 0 Å². The highest BCUT2D eigenvalue weighted by Gasteiger charge is 2.54. The number of fused-ring (bicyclic) bond motifs is 2. The van der Waals surface area contributed by atoms with Gasteiger partial charge in [-0.2, -0.15) is 15.1 Å². The Kier molecular flexibility index (Phi) is 10.1. The number of nitrogen functional groups attached to an aromatic ring is 1. The van der Waals surface area contributed by atoms with E-state index >= 15 is 0 Å². The largest absolute Gasteiger partial charge is 0.476 e. The van der Waals surface area contributed by atoms with Crippen molar-refractivity contribution >= 4 is 41.6 Å². The molecule has 3 aromatic carbocycles. The minimum absolute atomic E-state index is 0.0934. The highest BCUT2D eigenvalue weighted by atomic mass is 31.2. The standard InChI is InChI=1S/C34H39N6O9P/c1-5-45-30-27-29(37-33(35)38-30)40(19-36-27)32-34(4,43)28(41)26(48-32)18-46-50(44,49-25-17-11-15-23-14-9-10-16-24(23)25)39-20(2)31(42)47-21(3)22-12-7-6-8-13-22/h6-17,19-21,26,28,32,41,43H,5,18H2,1-4H3,(H,39,44)(H2,35,37,38)/t20-,21-,26+,28+,32?,34+,50?/m0/s1. The van der Waals surface area contributed by atoms with Crippen molar-refractivity contribution in [2.24, 2.45) is 0 Å². The molecule has 2 unspecified atom stereocenters. The van der Waals surface area contributed by atoms with Gasteiger partial charge in [0.2, 0.25) is 11.8 Å². The van der Waals surface area contributed by atoms with Crippen LogP contribution in [-0.2, 0) is 23.4 Å². The molecule has 1 saturated heterocycles. The lowest BCUT2D eigenvalue weighted by Gasteiger charge is -2.27. The first-order valence-electron chi connectivity index (χ1n) is 16.0. The molecule has 5 aromatic rings. The van der Waals surface area contributed by atoms with E-state index in [1.165, 1.54) is 24.7 Å². The lowest BCUT2D eigenvalue weighted by atomic mass is 9.96. The van der Waals surface area contributed by atoms with Gasteiger partial charge >= 0.3 is 13.7 Å². The van der Waals surface area contributed by atoms with E-state index in [9.17, 15) is 19.6 Å². The van der Waals surface area contributed by atoms with E-state index in [1.54, 1.807) is 38.1 Å². The van der Waals surface area contributed by atoms with Crippen molar-refractivity contribution in [2.45, 2.75) is 63.9 Å². The van der Waals surface area contributed by atoms with Crippen LogP contribution in [0.15, 0.2) is 79.1 Å². The number of rotatable bonds is 13. The number of anilines is 1. The first kappa shape index (κ1) is 35.2. The first-order valence-corrected chi connectivity index (χ1v) is 17.6. The second-order valence-corrected chi connectivity index (χ2v) is 13.7. The maximum absolute atomic E-state index is 14.5. The highest BCUT2D eigenvalue weighted by molar-refractivity contribution is 7.52. The van der Waals surface area contributed by atoms with Crippen molar-refractivity contribution in [3.8, 4) is 11.6 Å². The van der Waals surface area contributed by atoms with Gasteiger partial charge in [-0.1, -0.05) is 66.7 Å². The Balaban J connectivity index is 1.25. The second kappa shape index (κ2) is 14.3. The molecule has 0 amide bonds. The Bertz CT molecular complexity index is 2020. The van der Waals surface area contributed by atoms with E-state index in [4.69, 9.17) is 29.0 Å². The quantitative estimate of drug-likeness (QED) is 0.0987. The smallest absolute Gasteiger partial charge is 0.459 e. The molecule has 264 valence electrons. The number of esters is 1. The molecule has 1 fully saturated rings. The number of nitrogens with zero attached hydrogens (tertiary/aromatic N) is 4. The minimum Gasteiger partial charge on any atom is -0.476 e. The summed E-state index contributed by atoms with van der Waals surface area (Å²) < 4.78 is 45.1. The van der Waals surface area contributed by atoms with Crippen molar-refractivity contribution in [1.29, 1.82) is 0 Å². The molecule has 0 bridgehead atoms. The number of ether oxygens (including phenoxy) is 3. The molecule has 1 aliphatic heterocycles. The Morgan fingerprint density at radius 3 is 2.58 bits per heavy atom. The maximum atomic E-state index is 14.5. The second-order valence-electron chi connectivity index (χ2n) is 12.0. The van der Waals surface area contributed by atoms with Gasteiger partial charge in [-0.3, -0.25) is 13.9 Å². The summed E-state index contributed by atoms with van der Waals surface area (Å²) in [5.41, 5.74) is 5.25. The zero-order chi connectivity index (χ0) is 35.6. The van der Waals surface area contributed by atoms with Gasteiger partial charge in [-0.05, 0) is 44.7 Å². The summed E-state index contributed by atoms with van der Waals surface area (Å²) in [5.74, 6) is -0.423. The molecule has 16 heteroatoms. The molecule has 3 heterocycles. The van der Waals surface area contributed by atoms with Crippen molar-refractivity contribution < 1.29 is 42.8 Å². The molecule has 15 nitrogen and oxygen atoms in total. The average molecular weight is 707 g/mol. The topological polar surface area (TPSA) is 202 Å².